The van der Waals surface area contributed by atoms with Gasteiger partial charge in [-0.15, -0.1) is 0 Å². The molecule has 1 aromatic heterocycles. The molecule has 5 nitrogen and oxygen atoms in total. The second-order valence-electron chi connectivity index (χ2n) is 6.95. The maximum atomic E-state index is 13.8. The SMILES string of the molecule is CC(C)Cn1c(S[C@H](C)C(=O)Nc2ccccc2F)nc2ccccc2c1=O. The number of rotatable bonds is 6. The molecule has 0 unspecified atom stereocenters. The summed E-state index contributed by atoms with van der Waals surface area (Å²) in [5.41, 5.74) is 0.603. The minimum Gasteiger partial charge on any atom is -0.323 e. The fraction of sp³-hybridized carbons (Fsp3) is 0.286. The van der Waals surface area contributed by atoms with Crippen molar-refractivity contribution in [2.24, 2.45) is 5.92 Å². The van der Waals surface area contributed by atoms with Gasteiger partial charge >= 0.3 is 0 Å². The first-order valence-corrected chi connectivity index (χ1v) is 9.96. The van der Waals surface area contributed by atoms with Gasteiger partial charge in [0.05, 0.1) is 21.8 Å². The molecular formula is C21H22FN3O2S. The molecule has 3 rings (SSSR count). The second-order valence-corrected chi connectivity index (χ2v) is 8.26. The van der Waals surface area contributed by atoms with Gasteiger partial charge in [0.1, 0.15) is 5.82 Å². The van der Waals surface area contributed by atoms with Crippen LogP contribution < -0.4 is 10.9 Å². The minimum absolute atomic E-state index is 0.122. The van der Waals surface area contributed by atoms with E-state index in [2.05, 4.69) is 10.3 Å². The van der Waals surface area contributed by atoms with Gasteiger partial charge in [-0.25, -0.2) is 9.37 Å². The monoisotopic (exact) mass is 399 g/mol. The molecule has 2 aromatic carbocycles. The molecule has 0 bridgehead atoms. The molecule has 1 N–H and O–H groups in total. The van der Waals surface area contributed by atoms with E-state index in [1.807, 2.05) is 26.0 Å². The first-order chi connectivity index (χ1) is 13.4. The van der Waals surface area contributed by atoms with Crippen LogP contribution in [0.1, 0.15) is 20.8 Å². The van der Waals surface area contributed by atoms with E-state index < -0.39 is 11.1 Å². The Balaban J connectivity index is 1.90. The van der Waals surface area contributed by atoms with Crippen molar-refractivity contribution in [2.45, 2.75) is 37.7 Å². The summed E-state index contributed by atoms with van der Waals surface area (Å²) in [4.78, 5) is 30.1. The Hall–Kier alpha value is -2.67. The van der Waals surface area contributed by atoms with E-state index in [1.165, 1.54) is 23.9 Å². The second kappa shape index (κ2) is 8.56. The first kappa shape index (κ1) is 20.1. The Morgan fingerprint density at radius 2 is 1.82 bits per heavy atom. The van der Waals surface area contributed by atoms with Crippen molar-refractivity contribution in [3.8, 4) is 0 Å². The minimum atomic E-state index is -0.564. The van der Waals surface area contributed by atoms with Gasteiger partial charge in [0.25, 0.3) is 5.56 Å². The highest BCUT2D eigenvalue weighted by atomic mass is 32.2. The van der Waals surface area contributed by atoms with Crippen LogP contribution in [0, 0.1) is 11.7 Å². The summed E-state index contributed by atoms with van der Waals surface area (Å²) in [5.74, 6) is -0.607. The molecule has 0 fully saturated rings. The van der Waals surface area contributed by atoms with E-state index in [9.17, 15) is 14.0 Å². The number of thioether (sulfide) groups is 1. The lowest BCUT2D eigenvalue weighted by Gasteiger charge is -2.17. The first-order valence-electron chi connectivity index (χ1n) is 9.08. The molecule has 0 radical (unpaired) electrons. The van der Waals surface area contributed by atoms with Crippen molar-refractivity contribution in [3.63, 3.8) is 0 Å². The molecule has 7 heteroatoms. The molecule has 0 spiro atoms. The van der Waals surface area contributed by atoms with E-state index in [-0.39, 0.29) is 23.1 Å². The summed E-state index contributed by atoms with van der Waals surface area (Å²) >= 11 is 1.19. The number of amides is 1. The quantitative estimate of drug-likeness (QED) is 0.496. The van der Waals surface area contributed by atoms with Gasteiger partial charge in [0.2, 0.25) is 5.91 Å². The van der Waals surface area contributed by atoms with Gasteiger partial charge in [0.15, 0.2) is 5.16 Å². The van der Waals surface area contributed by atoms with E-state index in [0.29, 0.717) is 22.6 Å². The third-order valence-corrected chi connectivity index (χ3v) is 5.25. The predicted molar refractivity (Wildman–Crippen MR) is 111 cm³/mol. The molecule has 0 saturated heterocycles. The molecule has 1 amide bonds. The third kappa shape index (κ3) is 4.42. The van der Waals surface area contributed by atoms with Crippen molar-refractivity contribution in [1.29, 1.82) is 0 Å². The van der Waals surface area contributed by atoms with Crippen molar-refractivity contribution in [3.05, 3.63) is 64.7 Å². The number of halogens is 1. The number of nitrogens with one attached hydrogen (secondary N) is 1. The highest BCUT2D eigenvalue weighted by Crippen LogP contribution is 2.24. The molecule has 0 aliphatic carbocycles. The van der Waals surface area contributed by atoms with Crippen LogP contribution in [-0.4, -0.2) is 20.7 Å². The van der Waals surface area contributed by atoms with Crippen molar-refractivity contribution < 1.29 is 9.18 Å². The lowest BCUT2D eigenvalue weighted by Crippen LogP contribution is -2.28. The van der Waals surface area contributed by atoms with E-state index >= 15 is 0 Å². The topological polar surface area (TPSA) is 64.0 Å². The fourth-order valence-corrected chi connectivity index (χ4v) is 3.69. The maximum Gasteiger partial charge on any atom is 0.262 e. The van der Waals surface area contributed by atoms with Gasteiger partial charge in [-0.1, -0.05) is 49.9 Å². The van der Waals surface area contributed by atoms with Crippen LogP contribution in [0.3, 0.4) is 0 Å². The zero-order chi connectivity index (χ0) is 20.3. The van der Waals surface area contributed by atoms with Crippen LogP contribution in [0.2, 0.25) is 0 Å². The summed E-state index contributed by atoms with van der Waals surface area (Å²) in [6.45, 7) is 6.25. The number of aromatic nitrogens is 2. The van der Waals surface area contributed by atoms with Gasteiger partial charge in [-0.05, 0) is 37.1 Å². The number of anilines is 1. The molecular weight excluding hydrogens is 377 g/mol. The maximum absolute atomic E-state index is 13.8. The largest absolute Gasteiger partial charge is 0.323 e. The molecule has 146 valence electrons. The number of fused-ring (bicyclic) bond motifs is 1. The lowest BCUT2D eigenvalue weighted by molar-refractivity contribution is -0.115. The van der Waals surface area contributed by atoms with Crippen LogP contribution in [0.5, 0.6) is 0 Å². The Kier molecular flexibility index (Phi) is 6.14. The Labute approximate surface area is 167 Å². The lowest BCUT2D eigenvalue weighted by atomic mass is 10.2. The van der Waals surface area contributed by atoms with Gasteiger partial charge in [0, 0.05) is 6.54 Å². The van der Waals surface area contributed by atoms with E-state index in [0.717, 1.165) is 0 Å². The molecule has 0 aliphatic heterocycles. The van der Waals surface area contributed by atoms with Crippen LogP contribution in [0.25, 0.3) is 10.9 Å². The van der Waals surface area contributed by atoms with E-state index in [4.69, 9.17) is 0 Å². The Morgan fingerprint density at radius 1 is 1.14 bits per heavy atom. The number of carbonyl (C=O) groups is 1. The van der Waals surface area contributed by atoms with Crippen molar-refractivity contribution in [2.75, 3.05) is 5.32 Å². The predicted octanol–water partition coefficient (Wildman–Crippen LogP) is 4.31. The number of hydrogen-bond acceptors (Lipinski definition) is 4. The zero-order valence-electron chi connectivity index (χ0n) is 16.0. The Morgan fingerprint density at radius 3 is 2.54 bits per heavy atom. The molecule has 0 saturated carbocycles. The van der Waals surface area contributed by atoms with Gasteiger partial charge in [-0.3, -0.25) is 14.2 Å². The van der Waals surface area contributed by atoms with E-state index in [1.54, 1.807) is 35.8 Å². The number of carbonyl (C=O) groups excluding carboxylic acids is 1. The average molecular weight is 399 g/mol. The standard InChI is InChI=1S/C21H22FN3O2S/c1-13(2)12-25-20(27)15-8-4-6-10-17(15)24-21(25)28-14(3)19(26)23-18-11-7-5-9-16(18)22/h4-11,13-14H,12H2,1-3H3,(H,23,26)/t14-/m1/s1. The fourth-order valence-electron chi connectivity index (χ4n) is 2.77. The summed E-state index contributed by atoms with van der Waals surface area (Å²) in [5, 5.41) is 3.06. The number of para-hydroxylation sites is 2. The third-order valence-electron chi connectivity index (χ3n) is 4.16. The number of hydrogen-bond donors (Lipinski definition) is 1. The van der Waals surface area contributed by atoms with Crippen LogP contribution >= 0.6 is 11.8 Å². The molecule has 3 aromatic rings. The molecule has 1 heterocycles. The average Bonchev–Trinajstić information content (AvgIpc) is 2.66. The van der Waals surface area contributed by atoms with Crippen molar-refractivity contribution in [1.82, 2.24) is 9.55 Å². The summed E-state index contributed by atoms with van der Waals surface area (Å²) in [6.07, 6.45) is 0. The summed E-state index contributed by atoms with van der Waals surface area (Å²) in [7, 11) is 0. The smallest absolute Gasteiger partial charge is 0.262 e. The number of benzene rings is 2. The molecule has 1 atom stereocenters. The van der Waals surface area contributed by atoms with Crippen molar-refractivity contribution >= 4 is 34.3 Å². The summed E-state index contributed by atoms with van der Waals surface area (Å²) in [6, 6.07) is 13.2. The molecule has 28 heavy (non-hydrogen) atoms. The van der Waals surface area contributed by atoms with Crippen LogP contribution in [0.4, 0.5) is 10.1 Å². The summed E-state index contributed by atoms with van der Waals surface area (Å²) < 4.78 is 15.4. The van der Waals surface area contributed by atoms with Crippen LogP contribution in [-0.2, 0) is 11.3 Å². The number of nitrogens with zero attached hydrogens (tertiary/aromatic N) is 2. The highest BCUT2D eigenvalue weighted by Gasteiger charge is 2.20. The normalized spacial score (nSPS) is 12.3. The zero-order valence-corrected chi connectivity index (χ0v) is 16.8. The Bertz CT molecular complexity index is 1060. The van der Waals surface area contributed by atoms with Crippen LogP contribution in [0.15, 0.2) is 58.5 Å². The molecule has 0 aliphatic rings. The highest BCUT2D eigenvalue weighted by molar-refractivity contribution is 8.00. The van der Waals surface area contributed by atoms with Gasteiger partial charge in [-0.2, -0.15) is 0 Å². The van der Waals surface area contributed by atoms with Gasteiger partial charge < -0.3 is 5.32 Å².